The van der Waals surface area contributed by atoms with Gasteiger partial charge in [0.15, 0.2) is 0 Å². The van der Waals surface area contributed by atoms with Crippen LogP contribution in [0.3, 0.4) is 0 Å². The quantitative estimate of drug-likeness (QED) is 0.788. The fourth-order valence-electron chi connectivity index (χ4n) is 2.69. The predicted molar refractivity (Wildman–Crippen MR) is 80.4 cm³/mol. The minimum atomic E-state index is -0.156. The Hall–Kier alpha value is -0.320. The number of nitrogens with two attached hydrogens (primary N) is 1. The van der Waals surface area contributed by atoms with Crippen molar-refractivity contribution in [2.45, 2.75) is 58.1 Å². The van der Waals surface area contributed by atoms with E-state index in [-0.39, 0.29) is 24.4 Å². The fourth-order valence-corrected chi connectivity index (χ4v) is 2.69. The van der Waals surface area contributed by atoms with E-state index in [0.29, 0.717) is 19.0 Å². The van der Waals surface area contributed by atoms with Gasteiger partial charge in [-0.1, -0.05) is 13.8 Å². The van der Waals surface area contributed by atoms with Gasteiger partial charge in [0.05, 0.1) is 12.5 Å². The van der Waals surface area contributed by atoms with E-state index in [2.05, 4.69) is 19.2 Å². The summed E-state index contributed by atoms with van der Waals surface area (Å²) in [6.07, 6.45) is 4.89. The van der Waals surface area contributed by atoms with E-state index in [1.165, 1.54) is 12.8 Å². The molecule has 0 heterocycles. The summed E-state index contributed by atoms with van der Waals surface area (Å²) >= 11 is 0. The standard InChI is InChI=1S/C14H28N2O2.ClH/c1-10(2)11-4-6-12(7-5-11)16-14(17)8-13(9-15)18-3;/h10-13H,4-9,15H2,1-3H3,(H,16,17);1H. The molecular weight excluding hydrogens is 264 g/mol. The summed E-state index contributed by atoms with van der Waals surface area (Å²) in [7, 11) is 1.60. The molecule has 0 spiro atoms. The number of amides is 1. The van der Waals surface area contributed by atoms with Crippen molar-refractivity contribution in [3.8, 4) is 0 Å². The van der Waals surface area contributed by atoms with Crippen molar-refractivity contribution in [1.82, 2.24) is 5.32 Å². The van der Waals surface area contributed by atoms with Crippen molar-refractivity contribution >= 4 is 18.3 Å². The van der Waals surface area contributed by atoms with E-state index >= 15 is 0 Å². The first-order chi connectivity index (χ1) is 8.56. The molecule has 0 saturated heterocycles. The van der Waals surface area contributed by atoms with Crippen LogP contribution >= 0.6 is 12.4 Å². The van der Waals surface area contributed by atoms with Gasteiger partial charge in [0.1, 0.15) is 0 Å². The Bertz CT molecular complexity index is 250. The zero-order valence-corrected chi connectivity index (χ0v) is 13.2. The van der Waals surface area contributed by atoms with E-state index in [1.807, 2.05) is 0 Å². The Morgan fingerprint density at radius 1 is 1.32 bits per heavy atom. The largest absolute Gasteiger partial charge is 0.380 e. The Kier molecular flexibility index (Phi) is 9.40. The number of hydrogen-bond acceptors (Lipinski definition) is 3. The maximum absolute atomic E-state index is 11.8. The third kappa shape index (κ3) is 6.59. The van der Waals surface area contributed by atoms with Gasteiger partial charge in [-0.15, -0.1) is 12.4 Å². The summed E-state index contributed by atoms with van der Waals surface area (Å²) in [4.78, 5) is 11.8. The summed E-state index contributed by atoms with van der Waals surface area (Å²) in [5.41, 5.74) is 5.51. The second kappa shape index (κ2) is 9.56. The van der Waals surface area contributed by atoms with E-state index in [4.69, 9.17) is 10.5 Å². The summed E-state index contributed by atoms with van der Waals surface area (Å²) in [5, 5.41) is 3.10. The lowest BCUT2D eigenvalue weighted by Crippen LogP contribution is -2.40. The number of carbonyl (C=O) groups excluding carboxylic acids is 1. The molecule has 19 heavy (non-hydrogen) atoms. The zero-order chi connectivity index (χ0) is 13.5. The van der Waals surface area contributed by atoms with Crippen molar-refractivity contribution in [2.24, 2.45) is 17.6 Å². The highest BCUT2D eigenvalue weighted by Gasteiger charge is 2.24. The number of rotatable bonds is 6. The van der Waals surface area contributed by atoms with E-state index in [9.17, 15) is 4.79 Å². The number of hydrogen-bond donors (Lipinski definition) is 2. The molecule has 1 atom stereocenters. The topological polar surface area (TPSA) is 64.3 Å². The van der Waals surface area contributed by atoms with Gasteiger partial charge in [0, 0.05) is 19.7 Å². The molecule has 114 valence electrons. The van der Waals surface area contributed by atoms with Crippen LogP contribution < -0.4 is 11.1 Å². The molecule has 1 fully saturated rings. The first-order valence-corrected chi connectivity index (χ1v) is 7.09. The van der Waals surface area contributed by atoms with Gasteiger partial charge < -0.3 is 15.8 Å². The highest BCUT2D eigenvalue weighted by atomic mass is 35.5. The smallest absolute Gasteiger partial charge is 0.222 e. The molecule has 0 aromatic rings. The molecule has 3 N–H and O–H groups in total. The minimum absolute atomic E-state index is 0. The molecule has 0 aromatic carbocycles. The van der Waals surface area contributed by atoms with Crippen molar-refractivity contribution in [3.05, 3.63) is 0 Å². The van der Waals surface area contributed by atoms with Crippen LogP contribution in [0.4, 0.5) is 0 Å². The highest BCUT2D eigenvalue weighted by Crippen LogP contribution is 2.29. The van der Waals surface area contributed by atoms with Gasteiger partial charge >= 0.3 is 0 Å². The summed E-state index contributed by atoms with van der Waals surface area (Å²) < 4.78 is 5.12. The van der Waals surface area contributed by atoms with Gasteiger partial charge in [-0.25, -0.2) is 0 Å². The minimum Gasteiger partial charge on any atom is -0.380 e. The lowest BCUT2D eigenvalue weighted by Gasteiger charge is -2.31. The van der Waals surface area contributed by atoms with Crippen molar-refractivity contribution < 1.29 is 9.53 Å². The van der Waals surface area contributed by atoms with Crippen LogP contribution in [-0.2, 0) is 9.53 Å². The van der Waals surface area contributed by atoms with Gasteiger partial charge in [-0.05, 0) is 37.5 Å². The van der Waals surface area contributed by atoms with Gasteiger partial charge in [-0.3, -0.25) is 4.79 Å². The Balaban J connectivity index is 0.00000324. The van der Waals surface area contributed by atoms with Crippen LogP contribution in [0.5, 0.6) is 0 Å². The molecule has 0 bridgehead atoms. The van der Waals surface area contributed by atoms with E-state index in [1.54, 1.807) is 7.11 Å². The van der Waals surface area contributed by atoms with Gasteiger partial charge in [0.2, 0.25) is 5.91 Å². The third-order valence-corrected chi connectivity index (χ3v) is 4.09. The number of ether oxygens (including phenoxy) is 1. The molecule has 1 unspecified atom stereocenters. The van der Waals surface area contributed by atoms with E-state index in [0.717, 1.165) is 24.7 Å². The van der Waals surface area contributed by atoms with Crippen molar-refractivity contribution in [1.29, 1.82) is 0 Å². The Morgan fingerprint density at radius 3 is 2.32 bits per heavy atom. The molecular formula is C14H29ClN2O2. The maximum atomic E-state index is 11.8. The summed E-state index contributed by atoms with van der Waals surface area (Å²) in [5.74, 6) is 1.66. The molecule has 0 radical (unpaired) electrons. The lowest BCUT2D eigenvalue weighted by atomic mass is 9.79. The van der Waals surface area contributed by atoms with Crippen LogP contribution in [0.15, 0.2) is 0 Å². The lowest BCUT2D eigenvalue weighted by molar-refractivity contribution is -0.124. The van der Waals surface area contributed by atoms with Gasteiger partial charge in [0.25, 0.3) is 0 Å². The Labute approximate surface area is 123 Å². The molecule has 1 aliphatic rings. The second-order valence-electron chi connectivity index (χ2n) is 5.72. The molecule has 1 saturated carbocycles. The summed E-state index contributed by atoms with van der Waals surface area (Å²) in [6, 6.07) is 0.350. The first-order valence-electron chi connectivity index (χ1n) is 7.09. The molecule has 0 aromatic heterocycles. The average Bonchev–Trinajstić information content (AvgIpc) is 2.36. The SMILES string of the molecule is COC(CN)CC(=O)NC1CCC(C(C)C)CC1.Cl. The van der Waals surface area contributed by atoms with Crippen LogP contribution in [0.1, 0.15) is 46.0 Å². The summed E-state index contributed by atoms with van der Waals surface area (Å²) in [6.45, 7) is 4.96. The molecule has 1 rings (SSSR count). The van der Waals surface area contributed by atoms with Crippen LogP contribution in [0.2, 0.25) is 0 Å². The number of carbonyl (C=O) groups is 1. The van der Waals surface area contributed by atoms with Gasteiger partial charge in [-0.2, -0.15) is 0 Å². The Morgan fingerprint density at radius 2 is 1.89 bits per heavy atom. The normalized spacial score (nSPS) is 24.7. The molecule has 0 aliphatic heterocycles. The monoisotopic (exact) mass is 292 g/mol. The molecule has 4 nitrogen and oxygen atoms in total. The fraction of sp³-hybridized carbons (Fsp3) is 0.929. The third-order valence-electron chi connectivity index (χ3n) is 4.09. The molecule has 1 aliphatic carbocycles. The number of methoxy groups -OCH3 is 1. The van der Waals surface area contributed by atoms with Crippen LogP contribution in [0.25, 0.3) is 0 Å². The van der Waals surface area contributed by atoms with E-state index < -0.39 is 0 Å². The van der Waals surface area contributed by atoms with Crippen molar-refractivity contribution in [2.75, 3.05) is 13.7 Å². The van der Waals surface area contributed by atoms with Crippen molar-refractivity contribution in [3.63, 3.8) is 0 Å². The zero-order valence-electron chi connectivity index (χ0n) is 12.4. The second-order valence-corrected chi connectivity index (χ2v) is 5.72. The maximum Gasteiger partial charge on any atom is 0.222 e. The highest BCUT2D eigenvalue weighted by molar-refractivity contribution is 5.85. The number of halogens is 1. The molecule has 5 heteroatoms. The van der Waals surface area contributed by atoms with Crippen LogP contribution in [0, 0.1) is 11.8 Å². The predicted octanol–water partition coefficient (Wildman–Crippen LogP) is 2.10. The number of nitrogens with one attached hydrogen (secondary N) is 1. The first kappa shape index (κ1) is 18.7. The molecule has 1 amide bonds. The van der Waals surface area contributed by atoms with Crippen LogP contribution in [-0.4, -0.2) is 31.7 Å². The average molecular weight is 293 g/mol.